The highest BCUT2D eigenvalue weighted by molar-refractivity contribution is 5.69. The minimum atomic E-state index is -1.03. The SMILES string of the molecule is CC(=O)Oc1ccc(C(F)C(C)(C)C)cc1.CCCC. The van der Waals surface area contributed by atoms with Crippen LogP contribution in [-0.2, 0) is 4.79 Å². The van der Waals surface area contributed by atoms with Crippen LogP contribution in [0.2, 0.25) is 0 Å². The van der Waals surface area contributed by atoms with Gasteiger partial charge in [-0.2, -0.15) is 0 Å². The fourth-order valence-electron chi connectivity index (χ4n) is 1.37. The van der Waals surface area contributed by atoms with Crippen LogP contribution < -0.4 is 4.74 Å². The van der Waals surface area contributed by atoms with E-state index >= 15 is 0 Å². The van der Waals surface area contributed by atoms with Crippen LogP contribution in [0.4, 0.5) is 4.39 Å². The molecule has 0 amide bonds. The molecule has 0 spiro atoms. The van der Waals surface area contributed by atoms with Crippen LogP contribution in [0.25, 0.3) is 0 Å². The molecule has 0 heterocycles. The number of benzene rings is 1. The number of unbranched alkanes of at least 4 members (excludes halogenated alkanes) is 1. The molecule has 0 bridgehead atoms. The van der Waals surface area contributed by atoms with Gasteiger partial charge in [0.15, 0.2) is 0 Å². The first kappa shape index (κ1) is 18.6. The summed E-state index contributed by atoms with van der Waals surface area (Å²) in [7, 11) is 0. The Morgan fingerprint density at radius 1 is 1.15 bits per heavy atom. The number of hydrogen-bond donors (Lipinski definition) is 0. The molecule has 0 fully saturated rings. The minimum absolute atomic E-state index is 0.375. The largest absolute Gasteiger partial charge is 0.427 e. The second-order valence-electron chi connectivity index (χ2n) is 5.89. The average molecular weight is 282 g/mol. The summed E-state index contributed by atoms with van der Waals surface area (Å²) in [6, 6.07) is 6.51. The molecule has 0 N–H and O–H groups in total. The monoisotopic (exact) mass is 282 g/mol. The number of carbonyl (C=O) groups excluding carboxylic acids is 1. The van der Waals surface area contributed by atoms with E-state index in [4.69, 9.17) is 4.74 Å². The summed E-state index contributed by atoms with van der Waals surface area (Å²) in [6.07, 6.45) is 1.61. The summed E-state index contributed by atoms with van der Waals surface area (Å²) < 4.78 is 18.8. The fraction of sp³-hybridized carbons (Fsp3) is 0.588. The van der Waals surface area contributed by atoms with Crippen molar-refractivity contribution in [3.05, 3.63) is 29.8 Å². The van der Waals surface area contributed by atoms with E-state index in [0.717, 1.165) is 0 Å². The van der Waals surface area contributed by atoms with Gasteiger partial charge in [0.1, 0.15) is 11.9 Å². The van der Waals surface area contributed by atoms with E-state index in [2.05, 4.69) is 13.8 Å². The lowest BCUT2D eigenvalue weighted by Gasteiger charge is -2.23. The van der Waals surface area contributed by atoms with Crippen LogP contribution in [0.1, 0.15) is 66.1 Å². The van der Waals surface area contributed by atoms with Crippen LogP contribution in [0, 0.1) is 5.41 Å². The molecule has 1 unspecified atom stereocenters. The topological polar surface area (TPSA) is 26.3 Å². The van der Waals surface area contributed by atoms with Crippen molar-refractivity contribution in [1.29, 1.82) is 0 Å². The van der Waals surface area contributed by atoms with E-state index in [1.165, 1.54) is 19.8 Å². The van der Waals surface area contributed by atoms with Gasteiger partial charge in [0.25, 0.3) is 0 Å². The maximum absolute atomic E-state index is 13.9. The van der Waals surface area contributed by atoms with Crippen molar-refractivity contribution in [1.82, 2.24) is 0 Å². The zero-order chi connectivity index (χ0) is 15.8. The highest BCUT2D eigenvalue weighted by Gasteiger charge is 2.25. The molecule has 0 aliphatic carbocycles. The third-order valence-corrected chi connectivity index (χ3v) is 2.69. The maximum atomic E-state index is 13.9. The molecule has 0 aliphatic heterocycles. The van der Waals surface area contributed by atoms with Gasteiger partial charge in [-0.1, -0.05) is 59.6 Å². The average Bonchev–Trinajstić information content (AvgIpc) is 2.37. The smallest absolute Gasteiger partial charge is 0.308 e. The third kappa shape index (κ3) is 7.27. The Morgan fingerprint density at radius 3 is 1.90 bits per heavy atom. The van der Waals surface area contributed by atoms with E-state index < -0.39 is 11.6 Å². The highest BCUT2D eigenvalue weighted by Crippen LogP contribution is 2.36. The van der Waals surface area contributed by atoms with Crippen molar-refractivity contribution >= 4 is 5.97 Å². The van der Waals surface area contributed by atoms with Crippen molar-refractivity contribution in [3.63, 3.8) is 0 Å². The molecular formula is C17H27FO2. The Morgan fingerprint density at radius 2 is 1.60 bits per heavy atom. The summed E-state index contributed by atoms with van der Waals surface area (Å²) in [4.78, 5) is 10.7. The second kappa shape index (κ2) is 8.72. The van der Waals surface area contributed by atoms with Gasteiger partial charge in [-0.15, -0.1) is 0 Å². The van der Waals surface area contributed by atoms with Crippen molar-refractivity contribution < 1.29 is 13.9 Å². The van der Waals surface area contributed by atoms with Crippen LogP contribution in [0.3, 0.4) is 0 Å². The molecule has 1 rings (SSSR count). The number of alkyl halides is 1. The summed E-state index contributed by atoms with van der Waals surface area (Å²) in [5.74, 6) is 0.0673. The molecular weight excluding hydrogens is 255 g/mol. The molecule has 114 valence electrons. The van der Waals surface area contributed by atoms with Crippen LogP contribution in [-0.4, -0.2) is 5.97 Å². The van der Waals surface area contributed by atoms with Crippen molar-refractivity contribution in [2.45, 2.75) is 60.6 Å². The standard InChI is InChI=1S/C13H17FO2.C4H10/c1-9(15)16-11-7-5-10(6-8-11)12(14)13(2,3)4;1-3-4-2/h5-8,12H,1-4H3;3-4H2,1-2H3. The highest BCUT2D eigenvalue weighted by atomic mass is 19.1. The van der Waals surface area contributed by atoms with E-state index in [0.29, 0.717) is 11.3 Å². The zero-order valence-corrected chi connectivity index (χ0v) is 13.5. The predicted molar refractivity (Wildman–Crippen MR) is 81.6 cm³/mol. The van der Waals surface area contributed by atoms with E-state index in [1.807, 2.05) is 20.8 Å². The molecule has 1 atom stereocenters. The van der Waals surface area contributed by atoms with Crippen molar-refractivity contribution in [3.8, 4) is 5.75 Å². The van der Waals surface area contributed by atoms with Crippen LogP contribution in [0.5, 0.6) is 5.75 Å². The molecule has 3 heteroatoms. The predicted octanol–water partition coefficient (Wildman–Crippen LogP) is 5.48. The summed E-state index contributed by atoms with van der Waals surface area (Å²) in [5, 5.41) is 0. The van der Waals surface area contributed by atoms with Crippen LogP contribution >= 0.6 is 0 Å². The molecule has 1 aromatic rings. The summed E-state index contributed by atoms with van der Waals surface area (Å²) in [6.45, 7) is 11.2. The molecule has 2 nitrogen and oxygen atoms in total. The van der Waals surface area contributed by atoms with E-state index in [-0.39, 0.29) is 5.97 Å². The summed E-state index contributed by atoms with van der Waals surface area (Å²) >= 11 is 0. The lowest BCUT2D eigenvalue weighted by molar-refractivity contribution is -0.131. The number of halogens is 1. The first-order chi connectivity index (χ1) is 9.22. The lowest BCUT2D eigenvalue weighted by Crippen LogP contribution is -2.14. The van der Waals surface area contributed by atoms with Gasteiger partial charge < -0.3 is 4.74 Å². The van der Waals surface area contributed by atoms with Crippen molar-refractivity contribution in [2.24, 2.45) is 5.41 Å². The first-order valence-corrected chi connectivity index (χ1v) is 7.14. The number of hydrogen-bond acceptors (Lipinski definition) is 2. The Labute approximate surface area is 122 Å². The lowest BCUT2D eigenvalue weighted by atomic mass is 9.86. The molecule has 1 aromatic carbocycles. The number of esters is 1. The van der Waals surface area contributed by atoms with E-state index in [1.54, 1.807) is 24.3 Å². The van der Waals surface area contributed by atoms with Gasteiger partial charge in [0.2, 0.25) is 0 Å². The van der Waals surface area contributed by atoms with Crippen LogP contribution in [0.15, 0.2) is 24.3 Å². The maximum Gasteiger partial charge on any atom is 0.308 e. The van der Waals surface area contributed by atoms with Gasteiger partial charge in [-0.3, -0.25) is 4.79 Å². The van der Waals surface area contributed by atoms with Crippen molar-refractivity contribution in [2.75, 3.05) is 0 Å². The Kier molecular flexibility index (Phi) is 8.12. The van der Waals surface area contributed by atoms with Gasteiger partial charge in [0.05, 0.1) is 0 Å². The third-order valence-electron chi connectivity index (χ3n) is 2.69. The Hall–Kier alpha value is -1.38. The van der Waals surface area contributed by atoms with Gasteiger partial charge in [-0.25, -0.2) is 4.39 Å². The molecule has 0 saturated carbocycles. The molecule has 0 saturated heterocycles. The summed E-state index contributed by atoms with van der Waals surface area (Å²) in [5.41, 5.74) is 0.173. The molecule has 0 aliphatic rings. The fourth-order valence-corrected chi connectivity index (χ4v) is 1.37. The zero-order valence-electron chi connectivity index (χ0n) is 13.5. The Bertz CT molecular complexity index is 388. The first-order valence-electron chi connectivity index (χ1n) is 7.14. The Balaban J connectivity index is 0.000000796. The number of ether oxygens (including phenoxy) is 1. The normalized spacial score (nSPS) is 12.2. The van der Waals surface area contributed by atoms with Gasteiger partial charge >= 0.3 is 5.97 Å². The quantitative estimate of drug-likeness (QED) is 0.542. The van der Waals surface area contributed by atoms with Gasteiger partial charge in [-0.05, 0) is 23.1 Å². The minimum Gasteiger partial charge on any atom is -0.427 e. The number of carbonyl (C=O) groups is 1. The molecule has 0 radical (unpaired) electrons. The molecule has 0 aromatic heterocycles. The van der Waals surface area contributed by atoms with Gasteiger partial charge in [0, 0.05) is 6.92 Å². The second-order valence-corrected chi connectivity index (χ2v) is 5.89. The number of rotatable bonds is 3. The molecule has 20 heavy (non-hydrogen) atoms. The van der Waals surface area contributed by atoms with E-state index in [9.17, 15) is 9.18 Å².